The molecule has 3 rings (SSSR count). The second kappa shape index (κ2) is 4.26. The Morgan fingerprint density at radius 3 is 3.00 bits per heavy atom. The quantitative estimate of drug-likeness (QED) is 0.869. The number of benzene rings is 1. The Hall–Kier alpha value is -1.16. The molecule has 1 aromatic heterocycles. The van der Waals surface area contributed by atoms with Crippen LogP contribution in [0.2, 0.25) is 0 Å². The molecule has 0 unspecified atom stereocenters. The van der Waals surface area contributed by atoms with Crippen LogP contribution in [0.1, 0.15) is 12.8 Å². The maximum atomic E-state index is 4.60. The molecule has 1 heterocycles. The summed E-state index contributed by atoms with van der Waals surface area (Å²) < 4.78 is 1.05. The normalized spacial score (nSPS) is 15.2. The number of rotatable bonds is 3. The van der Waals surface area contributed by atoms with Crippen LogP contribution < -0.4 is 4.90 Å². The Morgan fingerprint density at radius 1 is 1.41 bits per heavy atom. The zero-order valence-electron chi connectivity index (χ0n) is 9.73. The number of aromatic nitrogens is 2. The van der Waals surface area contributed by atoms with Gasteiger partial charge >= 0.3 is 0 Å². The van der Waals surface area contributed by atoms with Gasteiger partial charge in [0.15, 0.2) is 0 Å². The van der Waals surface area contributed by atoms with E-state index in [1.54, 1.807) is 0 Å². The van der Waals surface area contributed by atoms with E-state index in [1.807, 2.05) is 24.4 Å². The summed E-state index contributed by atoms with van der Waals surface area (Å²) >= 11 is 3.52. The Labute approximate surface area is 109 Å². The largest absolute Gasteiger partial charge is 0.344 e. The van der Waals surface area contributed by atoms with Gasteiger partial charge in [0.2, 0.25) is 5.95 Å². The lowest BCUT2D eigenvalue weighted by atomic mass is 10.2. The Morgan fingerprint density at radius 2 is 2.24 bits per heavy atom. The third kappa shape index (κ3) is 2.27. The summed E-state index contributed by atoms with van der Waals surface area (Å²) in [7, 11) is 2.07. The average Bonchev–Trinajstić information content (AvgIpc) is 3.13. The number of halogens is 1. The molecule has 0 bridgehead atoms. The predicted molar refractivity (Wildman–Crippen MR) is 73.2 cm³/mol. The highest BCUT2D eigenvalue weighted by atomic mass is 79.9. The first-order valence-corrected chi connectivity index (χ1v) is 6.66. The fourth-order valence-electron chi connectivity index (χ4n) is 1.96. The maximum Gasteiger partial charge on any atom is 0.225 e. The maximum absolute atomic E-state index is 4.60. The van der Waals surface area contributed by atoms with E-state index >= 15 is 0 Å². The summed E-state index contributed by atoms with van der Waals surface area (Å²) in [4.78, 5) is 11.2. The summed E-state index contributed by atoms with van der Waals surface area (Å²) in [6.07, 6.45) is 4.60. The molecule has 1 saturated carbocycles. The summed E-state index contributed by atoms with van der Waals surface area (Å²) in [5.74, 6) is 1.67. The van der Waals surface area contributed by atoms with Gasteiger partial charge in [0.05, 0.1) is 5.52 Å². The first kappa shape index (κ1) is 11.0. The van der Waals surface area contributed by atoms with E-state index in [0.717, 1.165) is 33.8 Å². The predicted octanol–water partition coefficient (Wildman–Crippen LogP) is 3.24. The molecule has 0 saturated heterocycles. The van der Waals surface area contributed by atoms with Gasteiger partial charge in [0.1, 0.15) is 0 Å². The highest BCUT2D eigenvalue weighted by Gasteiger charge is 2.23. The highest BCUT2D eigenvalue weighted by molar-refractivity contribution is 9.10. The van der Waals surface area contributed by atoms with E-state index in [9.17, 15) is 0 Å². The smallest absolute Gasteiger partial charge is 0.225 e. The van der Waals surface area contributed by atoms with Crippen LogP contribution >= 0.6 is 15.9 Å². The van der Waals surface area contributed by atoms with E-state index < -0.39 is 0 Å². The zero-order chi connectivity index (χ0) is 11.8. The molecule has 0 atom stereocenters. The molecule has 3 nitrogen and oxygen atoms in total. The summed E-state index contributed by atoms with van der Waals surface area (Å²) in [6.45, 7) is 1.07. The van der Waals surface area contributed by atoms with Gasteiger partial charge in [-0.25, -0.2) is 9.97 Å². The van der Waals surface area contributed by atoms with E-state index in [4.69, 9.17) is 0 Å². The van der Waals surface area contributed by atoms with Crippen LogP contribution in [0.5, 0.6) is 0 Å². The minimum absolute atomic E-state index is 0.822. The van der Waals surface area contributed by atoms with E-state index in [2.05, 4.69) is 37.8 Å². The van der Waals surface area contributed by atoms with Crippen LogP contribution in [0.15, 0.2) is 28.9 Å². The Bertz CT molecular complexity index is 551. The monoisotopic (exact) mass is 291 g/mol. The molecule has 0 radical (unpaired) electrons. The first-order chi connectivity index (χ1) is 8.24. The summed E-state index contributed by atoms with van der Waals surface area (Å²) in [5, 5.41) is 1.07. The third-order valence-corrected chi connectivity index (χ3v) is 3.82. The van der Waals surface area contributed by atoms with Crippen LogP contribution in [0, 0.1) is 5.92 Å². The molecule has 2 aromatic rings. The number of fused-ring (bicyclic) bond motifs is 1. The lowest BCUT2D eigenvalue weighted by molar-refractivity contribution is 0.767. The second-order valence-electron chi connectivity index (χ2n) is 4.67. The van der Waals surface area contributed by atoms with Gasteiger partial charge in [-0.1, -0.05) is 22.0 Å². The molecule has 0 amide bonds. The molecule has 0 spiro atoms. The number of hydrogen-bond donors (Lipinski definition) is 0. The second-order valence-corrected chi connectivity index (χ2v) is 5.52. The standard InChI is InChI=1S/C13H14BrN3/c1-17(8-9-5-6-9)13-15-7-10-11(14)3-2-4-12(10)16-13/h2-4,7,9H,5-6,8H2,1H3. The molecule has 4 heteroatoms. The average molecular weight is 292 g/mol. The molecular formula is C13H14BrN3. The van der Waals surface area contributed by atoms with Crippen molar-refractivity contribution in [3.8, 4) is 0 Å². The van der Waals surface area contributed by atoms with E-state index in [-0.39, 0.29) is 0 Å². The summed E-state index contributed by atoms with van der Waals surface area (Å²) in [6, 6.07) is 6.04. The molecule has 1 aliphatic carbocycles. The summed E-state index contributed by atoms with van der Waals surface area (Å²) in [5.41, 5.74) is 0.993. The molecule has 88 valence electrons. The zero-order valence-corrected chi connectivity index (χ0v) is 11.3. The molecule has 1 aliphatic rings. The van der Waals surface area contributed by atoms with Crippen molar-refractivity contribution in [2.75, 3.05) is 18.5 Å². The Kier molecular flexibility index (Phi) is 2.74. The first-order valence-electron chi connectivity index (χ1n) is 5.86. The number of hydrogen-bond acceptors (Lipinski definition) is 3. The SMILES string of the molecule is CN(CC1CC1)c1ncc2c(Br)cccc2n1. The van der Waals surface area contributed by atoms with Crippen molar-refractivity contribution >= 4 is 32.8 Å². The van der Waals surface area contributed by atoms with Gasteiger partial charge in [-0.05, 0) is 30.9 Å². The minimum atomic E-state index is 0.822. The van der Waals surface area contributed by atoms with Crippen molar-refractivity contribution in [1.29, 1.82) is 0 Å². The van der Waals surface area contributed by atoms with Crippen LogP contribution in [-0.2, 0) is 0 Å². The van der Waals surface area contributed by atoms with E-state index in [0.29, 0.717) is 0 Å². The van der Waals surface area contributed by atoms with Crippen molar-refractivity contribution in [2.45, 2.75) is 12.8 Å². The molecule has 1 fully saturated rings. The third-order valence-electron chi connectivity index (χ3n) is 3.13. The van der Waals surface area contributed by atoms with Crippen molar-refractivity contribution in [3.05, 3.63) is 28.9 Å². The topological polar surface area (TPSA) is 29.0 Å². The number of anilines is 1. The number of nitrogens with zero attached hydrogens (tertiary/aromatic N) is 3. The lowest BCUT2D eigenvalue weighted by Gasteiger charge is -2.16. The highest BCUT2D eigenvalue weighted by Crippen LogP contribution is 2.30. The van der Waals surface area contributed by atoms with Crippen LogP contribution in [0.3, 0.4) is 0 Å². The fraction of sp³-hybridized carbons (Fsp3) is 0.385. The van der Waals surface area contributed by atoms with Gasteiger partial charge in [0, 0.05) is 29.6 Å². The van der Waals surface area contributed by atoms with Crippen molar-refractivity contribution in [2.24, 2.45) is 5.92 Å². The van der Waals surface area contributed by atoms with Crippen LogP contribution in [0.25, 0.3) is 10.9 Å². The lowest BCUT2D eigenvalue weighted by Crippen LogP contribution is -2.22. The van der Waals surface area contributed by atoms with Gasteiger partial charge in [-0.15, -0.1) is 0 Å². The Balaban J connectivity index is 1.95. The van der Waals surface area contributed by atoms with Crippen molar-refractivity contribution in [3.63, 3.8) is 0 Å². The van der Waals surface area contributed by atoms with Gasteiger partial charge < -0.3 is 4.90 Å². The molecule has 1 aromatic carbocycles. The van der Waals surface area contributed by atoms with Crippen molar-refractivity contribution < 1.29 is 0 Å². The molecular weight excluding hydrogens is 278 g/mol. The van der Waals surface area contributed by atoms with Gasteiger partial charge in [0.25, 0.3) is 0 Å². The fourth-order valence-corrected chi connectivity index (χ4v) is 2.42. The molecule has 0 N–H and O–H groups in total. The molecule has 17 heavy (non-hydrogen) atoms. The van der Waals surface area contributed by atoms with Gasteiger partial charge in [-0.2, -0.15) is 0 Å². The minimum Gasteiger partial charge on any atom is -0.344 e. The van der Waals surface area contributed by atoms with Crippen molar-refractivity contribution in [1.82, 2.24) is 9.97 Å². The molecule has 0 aliphatic heterocycles. The van der Waals surface area contributed by atoms with Crippen LogP contribution in [0.4, 0.5) is 5.95 Å². The van der Waals surface area contributed by atoms with Crippen LogP contribution in [-0.4, -0.2) is 23.6 Å². The van der Waals surface area contributed by atoms with E-state index in [1.165, 1.54) is 12.8 Å². The van der Waals surface area contributed by atoms with Gasteiger partial charge in [-0.3, -0.25) is 0 Å².